The Labute approximate surface area is 63.1 Å². The fraction of sp³-hybridized carbons (Fsp3) is 0.250. The molecule has 0 aromatic heterocycles. The molecule has 0 bridgehead atoms. The molecule has 0 fully saturated rings. The van der Waals surface area contributed by atoms with Gasteiger partial charge in [0, 0.05) is 34.6 Å². The number of esters is 1. The van der Waals surface area contributed by atoms with Gasteiger partial charge in [-0.1, -0.05) is 6.58 Å². The van der Waals surface area contributed by atoms with Crippen molar-refractivity contribution in [2.45, 2.75) is 6.92 Å². The topological polar surface area (TPSA) is 26.3 Å². The number of ether oxygens (including phenoxy) is 1. The summed E-state index contributed by atoms with van der Waals surface area (Å²) in [6.45, 7) is 4.48. The smallest absolute Gasteiger partial charge is 0.307 e. The van der Waals surface area contributed by atoms with Crippen LogP contribution in [-0.2, 0) is 37.2 Å². The van der Waals surface area contributed by atoms with Crippen LogP contribution >= 0.6 is 0 Å². The first kappa shape index (κ1) is 10.2. The standard InChI is InChI=1S/C4H6O2.Hg/c1-3-6-4(2)5;/h3H,1H2,2H3;. The molecule has 0 heterocycles. The third kappa shape index (κ3) is 10.7. The quantitative estimate of drug-likeness (QED) is 0.403. The van der Waals surface area contributed by atoms with E-state index in [2.05, 4.69) is 11.3 Å². The molecule has 0 aromatic rings. The molecule has 0 N–H and O–H groups in total. The van der Waals surface area contributed by atoms with Crippen molar-refractivity contribution in [1.29, 1.82) is 0 Å². The van der Waals surface area contributed by atoms with Crippen molar-refractivity contribution in [1.82, 2.24) is 0 Å². The van der Waals surface area contributed by atoms with E-state index in [1.54, 1.807) is 0 Å². The summed E-state index contributed by atoms with van der Waals surface area (Å²) in [7, 11) is 0. The summed E-state index contributed by atoms with van der Waals surface area (Å²) in [5.41, 5.74) is 0. The van der Waals surface area contributed by atoms with E-state index in [0.717, 1.165) is 6.26 Å². The molecule has 0 aliphatic carbocycles. The van der Waals surface area contributed by atoms with Crippen LogP contribution < -0.4 is 0 Å². The van der Waals surface area contributed by atoms with Gasteiger partial charge in [0.15, 0.2) is 0 Å². The number of carbonyl (C=O) groups is 1. The molecule has 0 spiro atoms. The van der Waals surface area contributed by atoms with E-state index in [4.69, 9.17) is 0 Å². The van der Waals surface area contributed by atoms with Crippen LogP contribution in [0, 0.1) is 0 Å². The SMILES string of the molecule is C=COC(C)=O.[Hg]. The molecule has 0 saturated carbocycles. The Kier molecular flexibility index (Phi) is 8.95. The minimum absolute atomic E-state index is 0. The molecule has 0 saturated heterocycles. The number of hydrogen-bond acceptors (Lipinski definition) is 2. The second kappa shape index (κ2) is 6.15. The van der Waals surface area contributed by atoms with Gasteiger partial charge in [-0.05, 0) is 0 Å². The first-order valence-electron chi connectivity index (χ1n) is 1.55. The molecule has 0 atom stereocenters. The van der Waals surface area contributed by atoms with Gasteiger partial charge in [0.25, 0.3) is 0 Å². The van der Waals surface area contributed by atoms with Crippen molar-refractivity contribution in [2.24, 2.45) is 0 Å². The Morgan fingerprint density at radius 3 is 2.29 bits per heavy atom. The first-order valence-corrected chi connectivity index (χ1v) is 1.55. The summed E-state index contributed by atoms with van der Waals surface area (Å²) in [5.74, 6) is -0.329. The molecular weight excluding hydrogens is 281 g/mol. The van der Waals surface area contributed by atoms with Crippen LogP contribution in [0.15, 0.2) is 12.8 Å². The summed E-state index contributed by atoms with van der Waals surface area (Å²) in [4.78, 5) is 9.75. The summed E-state index contributed by atoms with van der Waals surface area (Å²) in [6, 6.07) is 0. The number of rotatable bonds is 1. The van der Waals surface area contributed by atoms with E-state index in [-0.39, 0.29) is 33.6 Å². The summed E-state index contributed by atoms with van der Waals surface area (Å²) >= 11 is 0. The zero-order chi connectivity index (χ0) is 4.99. The summed E-state index contributed by atoms with van der Waals surface area (Å²) < 4.78 is 4.17. The molecule has 0 unspecified atom stereocenters. The van der Waals surface area contributed by atoms with Crippen molar-refractivity contribution >= 4 is 5.97 Å². The molecule has 0 amide bonds. The monoisotopic (exact) mass is 288 g/mol. The van der Waals surface area contributed by atoms with Crippen molar-refractivity contribution in [2.75, 3.05) is 0 Å². The van der Waals surface area contributed by atoms with Gasteiger partial charge in [-0.15, -0.1) is 0 Å². The predicted molar refractivity (Wildman–Crippen MR) is 22.0 cm³/mol. The second-order valence-corrected chi connectivity index (χ2v) is 0.776. The molecular formula is C4H6HgO2. The third-order valence-corrected chi connectivity index (χ3v) is 0.249. The Morgan fingerprint density at radius 2 is 2.29 bits per heavy atom. The van der Waals surface area contributed by atoms with Gasteiger partial charge in [-0.3, -0.25) is 4.79 Å². The van der Waals surface area contributed by atoms with Crippen LogP contribution in [0.25, 0.3) is 0 Å². The predicted octanol–water partition coefficient (Wildman–Crippen LogP) is 0.690. The van der Waals surface area contributed by atoms with Crippen molar-refractivity contribution in [3.8, 4) is 0 Å². The average molecular weight is 287 g/mol. The Balaban J connectivity index is 0. The van der Waals surface area contributed by atoms with E-state index in [1.807, 2.05) is 0 Å². The van der Waals surface area contributed by atoms with Gasteiger partial charge in [0.2, 0.25) is 0 Å². The van der Waals surface area contributed by atoms with E-state index < -0.39 is 0 Å². The molecule has 2 nitrogen and oxygen atoms in total. The fourth-order valence-corrected chi connectivity index (χ4v) is 0.117. The van der Waals surface area contributed by atoms with Crippen LogP contribution in [0.3, 0.4) is 0 Å². The van der Waals surface area contributed by atoms with Crippen LogP contribution in [0.4, 0.5) is 0 Å². The summed E-state index contributed by atoms with van der Waals surface area (Å²) in [5, 5.41) is 0. The maximum absolute atomic E-state index is 9.75. The third-order valence-electron chi connectivity index (χ3n) is 0.249. The molecule has 36 valence electrons. The van der Waals surface area contributed by atoms with Gasteiger partial charge in [-0.2, -0.15) is 0 Å². The molecule has 3 heteroatoms. The Morgan fingerprint density at radius 1 is 1.86 bits per heavy atom. The molecule has 7 heavy (non-hydrogen) atoms. The van der Waals surface area contributed by atoms with Crippen molar-refractivity contribution in [3.63, 3.8) is 0 Å². The van der Waals surface area contributed by atoms with Gasteiger partial charge < -0.3 is 4.74 Å². The van der Waals surface area contributed by atoms with Crippen LogP contribution in [-0.4, -0.2) is 5.97 Å². The first-order chi connectivity index (χ1) is 2.77. The van der Waals surface area contributed by atoms with Crippen molar-refractivity contribution < 1.29 is 37.2 Å². The number of hydrogen-bond donors (Lipinski definition) is 0. The van der Waals surface area contributed by atoms with Gasteiger partial charge >= 0.3 is 5.97 Å². The minimum atomic E-state index is -0.329. The van der Waals surface area contributed by atoms with E-state index in [0.29, 0.717) is 0 Å². The normalized spacial score (nSPS) is 5.86. The largest absolute Gasteiger partial charge is 0.435 e. The van der Waals surface area contributed by atoms with Crippen LogP contribution in [0.5, 0.6) is 0 Å². The van der Waals surface area contributed by atoms with E-state index >= 15 is 0 Å². The fourth-order valence-electron chi connectivity index (χ4n) is 0.117. The van der Waals surface area contributed by atoms with E-state index in [1.165, 1.54) is 6.92 Å². The Hall–Kier alpha value is 0.145. The molecule has 0 radical (unpaired) electrons. The number of carbonyl (C=O) groups excluding carboxylic acids is 1. The van der Waals surface area contributed by atoms with Crippen LogP contribution in [0.1, 0.15) is 6.92 Å². The van der Waals surface area contributed by atoms with E-state index in [9.17, 15) is 4.79 Å². The Bertz CT molecular complexity index is 70.1. The molecule has 0 aromatic carbocycles. The second-order valence-electron chi connectivity index (χ2n) is 0.776. The molecule has 0 rings (SSSR count). The maximum Gasteiger partial charge on any atom is 0.307 e. The minimum Gasteiger partial charge on any atom is -0.435 e. The average Bonchev–Trinajstić information content (AvgIpc) is 1.35. The zero-order valence-corrected chi connectivity index (χ0v) is 9.81. The van der Waals surface area contributed by atoms with Gasteiger partial charge in [0.05, 0.1) is 6.26 Å². The van der Waals surface area contributed by atoms with Gasteiger partial charge in [0.1, 0.15) is 0 Å². The summed E-state index contributed by atoms with van der Waals surface area (Å²) in [6.07, 6.45) is 1.10. The zero-order valence-electron chi connectivity index (χ0n) is 4.31. The molecule has 0 aliphatic heterocycles. The molecule has 0 aliphatic rings. The van der Waals surface area contributed by atoms with Gasteiger partial charge in [-0.25, -0.2) is 0 Å². The maximum atomic E-state index is 9.75. The van der Waals surface area contributed by atoms with Crippen LogP contribution in [0.2, 0.25) is 0 Å². The van der Waals surface area contributed by atoms with Crippen molar-refractivity contribution in [3.05, 3.63) is 12.8 Å².